The number of likely N-dealkylation sites (N-methyl/N-ethyl adjacent to an activating group) is 1. The second kappa shape index (κ2) is 9.38. The Bertz CT molecular complexity index is 440. The number of piperidine rings is 1. The molecule has 1 aromatic carbocycles. The monoisotopic (exact) mass is 320 g/mol. The molecule has 1 aliphatic heterocycles. The van der Waals surface area contributed by atoms with Gasteiger partial charge in [-0.05, 0) is 32.4 Å². The molecular formula is C19H32N2O2. The number of methoxy groups -OCH3 is 2. The Morgan fingerprint density at radius 2 is 2.00 bits per heavy atom. The van der Waals surface area contributed by atoms with E-state index >= 15 is 0 Å². The molecule has 0 bridgehead atoms. The molecule has 0 N–H and O–H groups in total. The summed E-state index contributed by atoms with van der Waals surface area (Å²) in [6, 6.07) is 12.0. The van der Waals surface area contributed by atoms with E-state index in [0.717, 1.165) is 19.6 Å². The highest BCUT2D eigenvalue weighted by atomic mass is 16.5. The zero-order chi connectivity index (χ0) is 16.7. The lowest BCUT2D eigenvalue weighted by Crippen LogP contribution is -2.49. The summed E-state index contributed by atoms with van der Waals surface area (Å²) in [7, 11) is 5.71. The van der Waals surface area contributed by atoms with Gasteiger partial charge in [0.1, 0.15) is 0 Å². The number of benzene rings is 1. The average molecular weight is 320 g/mol. The lowest BCUT2D eigenvalue weighted by molar-refractivity contribution is -0.00738. The maximum atomic E-state index is 5.50. The van der Waals surface area contributed by atoms with E-state index in [9.17, 15) is 0 Å². The van der Waals surface area contributed by atoms with Crippen molar-refractivity contribution in [2.24, 2.45) is 0 Å². The van der Waals surface area contributed by atoms with Crippen molar-refractivity contribution >= 4 is 0 Å². The Kier molecular flexibility index (Phi) is 7.50. The van der Waals surface area contributed by atoms with Crippen LogP contribution in [-0.2, 0) is 16.0 Å². The van der Waals surface area contributed by atoms with Crippen LogP contribution in [0.15, 0.2) is 30.3 Å². The predicted molar refractivity (Wildman–Crippen MR) is 94.6 cm³/mol. The van der Waals surface area contributed by atoms with Crippen LogP contribution in [-0.4, -0.2) is 69.0 Å². The Balaban J connectivity index is 1.83. The van der Waals surface area contributed by atoms with Crippen LogP contribution in [0.2, 0.25) is 0 Å². The molecule has 3 atom stereocenters. The first-order valence-electron chi connectivity index (χ1n) is 8.64. The molecule has 4 nitrogen and oxygen atoms in total. The topological polar surface area (TPSA) is 24.9 Å². The number of hydrogen-bond donors (Lipinski definition) is 0. The average Bonchev–Trinajstić information content (AvgIpc) is 2.57. The summed E-state index contributed by atoms with van der Waals surface area (Å²) in [5.74, 6) is 0. The molecule has 0 aromatic heterocycles. The highest BCUT2D eigenvalue weighted by molar-refractivity contribution is 5.14. The van der Waals surface area contributed by atoms with Crippen LogP contribution in [0.3, 0.4) is 0 Å². The summed E-state index contributed by atoms with van der Waals surface area (Å²) in [6.45, 7) is 6.16. The fourth-order valence-electron chi connectivity index (χ4n) is 3.50. The van der Waals surface area contributed by atoms with E-state index in [1.54, 1.807) is 14.2 Å². The minimum absolute atomic E-state index is 0.155. The first-order chi connectivity index (χ1) is 11.1. The van der Waals surface area contributed by atoms with Gasteiger partial charge in [-0.2, -0.15) is 0 Å². The van der Waals surface area contributed by atoms with Gasteiger partial charge in [-0.15, -0.1) is 0 Å². The van der Waals surface area contributed by atoms with Gasteiger partial charge < -0.3 is 14.4 Å². The minimum atomic E-state index is 0.155. The SMILES string of the molecule is COCC(CN(C)C1CCN(Cc2ccccc2)C(C)C1)OC. The van der Waals surface area contributed by atoms with Crippen LogP contribution in [0.5, 0.6) is 0 Å². The van der Waals surface area contributed by atoms with Gasteiger partial charge in [-0.1, -0.05) is 30.3 Å². The first kappa shape index (κ1) is 18.4. The van der Waals surface area contributed by atoms with Gasteiger partial charge in [0.15, 0.2) is 0 Å². The molecule has 2 rings (SSSR count). The van der Waals surface area contributed by atoms with Crippen LogP contribution < -0.4 is 0 Å². The van der Waals surface area contributed by atoms with E-state index < -0.39 is 0 Å². The van der Waals surface area contributed by atoms with E-state index in [0.29, 0.717) is 18.7 Å². The number of hydrogen-bond acceptors (Lipinski definition) is 4. The van der Waals surface area contributed by atoms with Crippen molar-refractivity contribution in [1.82, 2.24) is 9.80 Å². The van der Waals surface area contributed by atoms with Crippen molar-refractivity contribution in [3.05, 3.63) is 35.9 Å². The summed E-state index contributed by atoms with van der Waals surface area (Å²) in [5.41, 5.74) is 1.41. The Morgan fingerprint density at radius 3 is 2.61 bits per heavy atom. The molecular weight excluding hydrogens is 288 g/mol. The molecule has 0 amide bonds. The summed E-state index contributed by atoms with van der Waals surface area (Å²) < 4.78 is 10.7. The van der Waals surface area contributed by atoms with Crippen LogP contribution >= 0.6 is 0 Å². The zero-order valence-electron chi connectivity index (χ0n) is 15.1. The van der Waals surface area contributed by atoms with Crippen molar-refractivity contribution in [2.45, 2.75) is 44.5 Å². The maximum Gasteiger partial charge on any atom is 0.0931 e. The van der Waals surface area contributed by atoms with Crippen LogP contribution in [0.1, 0.15) is 25.3 Å². The highest BCUT2D eigenvalue weighted by Crippen LogP contribution is 2.23. The smallest absolute Gasteiger partial charge is 0.0931 e. The maximum absolute atomic E-state index is 5.50. The Hall–Kier alpha value is -0.940. The molecule has 1 saturated heterocycles. The third-order valence-corrected chi connectivity index (χ3v) is 5.02. The summed E-state index contributed by atoms with van der Waals surface area (Å²) in [4.78, 5) is 5.05. The van der Waals surface area contributed by atoms with Gasteiger partial charge in [0, 0.05) is 45.9 Å². The van der Waals surface area contributed by atoms with E-state index in [-0.39, 0.29) is 6.10 Å². The zero-order valence-corrected chi connectivity index (χ0v) is 15.1. The first-order valence-corrected chi connectivity index (χ1v) is 8.64. The van der Waals surface area contributed by atoms with Gasteiger partial charge in [0.05, 0.1) is 12.7 Å². The van der Waals surface area contributed by atoms with Crippen molar-refractivity contribution in [3.63, 3.8) is 0 Å². The molecule has 0 aliphatic carbocycles. The predicted octanol–water partition coefficient (Wildman–Crippen LogP) is 2.63. The lowest BCUT2D eigenvalue weighted by atomic mass is 9.96. The number of nitrogens with zero attached hydrogens (tertiary/aromatic N) is 2. The summed E-state index contributed by atoms with van der Waals surface area (Å²) in [5, 5.41) is 0. The van der Waals surface area contributed by atoms with Gasteiger partial charge >= 0.3 is 0 Å². The van der Waals surface area contributed by atoms with Gasteiger partial charge in [0.25, 0.3) is 0 Å². The van der Waals surface area contributed by atoms with Crippen molar-refractivity contribution in [1.29, 1.82) is 0 Å². The quantitative estimate of drug-likeness (QED) is 0.735. The molecule has 1 aromatic rings. The molecule has 1 fully saturated rings. The molecule has 130 valence electrons. The largest absolute Gasteiger partial charge is 0.382 e. The van der Waals surface area contributed by atoms with Gasteiger partial charge in [-0.25, -0.2) is 0 Å². The molecule has 1 heterocycles. The summed E-state index contributed by atoms with van der Waals surface area (Å²) in [6.07, 6.45) is 2.59. The van der Waals surface area contributed by atoms with Crippen molar-refractivity contribution in [3.8, 4) is 0 Å². The third-order valence-electron chi connectivity index (χ3n) is 5.02. The van der Waals surface area contributed by atoms with Gasteiger partial charge in [-0.3, -0.25) is 4.90 Å². The molecule has 1 aliphatic rings. The van der Waals surface area contributed by atoms with Crippen LogP contribution in [0, 0.1) is 0 Å². The van der Waals surface area contributed by atoms with Crippen molar-refractivity contribution < 1.29 is 9.47 Å². The third kappa shape index (κ3) is 5.57. The second-order valence-corrected chi connectivity index (χ2v) is 6.74. The molecule has 0 spiro atoms. The fraction of sp³-hybridized carbons (Fsp3) is 0.684. The lowest BCUT2D eigenvalue weighted by Gasteiger charge is -2.41. The highest BCUT2D eigenvalue weighted by Gasteiger charge is 2.28. The van der Waals surface area contributed by atoms with Crippen LogP contribution in [0.25, 0.3) is 0 Å². The molecule has 4 heteroatoms. The van der Waals surface area contributed by atoms with E-state index in [1.807, 2.05) is 0 Å². The molecule has 0 saturated carbocycles. The van der Waals surface area contributed by atoms with Gasteiger partial charge in [0.2, 0.25) is 0 Å². The molecule has 3 unspecified atom stereocenters. The standard InChI is InChI=1S/C19H32N2O2/c1-16-12-18(20(2)14-19(23-4)15-22-3)10-11-21(16)13-17-8-6-5-7-9-17/h5-9,16,18-19H,10-15H2,1-4H3. The van der Waals surface area contributed by atoms with E-state index in [4.69, 9.17) is 9.47 Å². The Labute approximate surface area is 141 Å². The number of ether oxygens (including phenoxy) is 2. The molecule has 23 heavy (non-hydrogen) atoms. The fourth-order valence-corrected chi connectivity index (χ4v) is 3.50. The van der Waals surface area contributed by atoms with E-state index in [1.165, 1.54) is 18.4 Å². The number of likely N-dealkylation sites (tertiary alicyclic amines) is 1. The second-order valence-electron chi connectivity index (χ2n) is 6.74. The Morgan fingerprint density at radius 1 is 1.26 bits per heavy atom. The number of rotatable bonds is 8. The summed E-state index contributed by atoms with van der Waals surface area (Å²) >= 11 is 0. The van der Waals surface area contributed by atoms with Crippen LogP contribution in [0.4, 0.5) is 0 Å². The molecule has 0 radical (unpaired) electrons. The normalized spacial score (nSPS) is 24.0. The minimum Gasteiger partial charge on any atom is -0.382 e. The van der Waals surface area contributed by atoms with Crippen molar-refractivity contribution in [2.75, 3.05) is 41.0 Å². The van der Waals surface area contributed by atoms with E-state index in [2.05, 4.69) is 54.1 Å².